The summed E-state index contributed by atoms with van der Waals surface area (Å²) in [5.41, 5.74) is -0.170. The van der Waals surface area contributed by atoms with E-state index in [9.17, 15) is 4.79 Å². The second kappa shape index (κ2) is 4.06. The van der Waals surface area contributed by atoms with Crippen LogP contribution < -0.4 is 5.56 Å². The summed E-state index contributed by atoms with van der Waals surface area (Å²) in [6.07, 6.45) is 4.37. The fourth-order valence-electron chi connectivity index (χ4n) is 0.714. The number of hydrogen-bond donors (Lipinski definition) is 2. The number of H-pyrrole nitrogens is 1. The number of halogens is 1. The average Bonchev–Trinajstić information content (AvgIpc) is 2.04. The first-order valence-corrected chi connectivity index (χ1v) is 4.37. The molecule has 0 saturated carbocycles. The van der Waals surface area contributed by atoms with E-state index in [1.165, 1.54) is 6.08 Å². The third-order valence-electron chi connectivity index (χ3n) is 1.24. The van der Waals surface area contributed by atoms with Gasteiger partial charge in [0.25, 0.3) is 5.56 Å². The van der Waals surface area contributed by atoms with Crippen molar-refractivity contribution in [3.63, 3.8) is 0 Å². The van der Waals surface area contributed by atoms with Crippen LogP contribution in [0.15, 0.2) is 17.2 Å². The summed E-state index contributed by atoms with van der Waals surface area (Å²) in [5.74, 6) is -0.254. The highest BCUT2D eigenvalue weighted by atomic mass is 79.9. The van der Waals surface area contributed by atoms with E-state index in [2.05, 4.69) is 25.9 Å². The highest BCUT2D eigenvalue weighted by Gasteiger charge is 2.01. The Morgan fingerprint density at radius 1 is 1.75 bits per heavy atom. The fraction of sp³-hybridized carbons (Fsp3) is 0.143. The van der Waals surface area contributed by atoms with Crippen molar-refractivity contribution in [3.05, 3.63) is 28.3 Å². The molecule has 0 aliphatic carbocycles. The van der Waals surface area contributed by atoms with Crippen LogP contribution in [0.5, 0.6) is 5.88 Å². The summed E-state index contributed by atoms with van der Waals surface area (Å²) in [7, 11) is 0. The molecule has 0 spiro atoms. The zero-order chi connectivity index (χ0) is 8.97. The molecule has 64 valence electrons. The van der Waals surface area contributed by atoms with Gasteiger partial charge in [0.05, 0.1) is 6.33 Å². The van der Waals surface area contributed by atoms with Crippen molar-refractivity contribution >= 4 is 22.0 Å². The third kappa shape index (κ3) is 1.94. The predicted molar refractivity (Wildman–Crippen MR) is 49.4 cm³/mol. The summed E-state index contributed by atoms with van der Waals surface area (Å²) in [5, 5.41) is 9.75. The van der Waals surface area contributed by atoms with E-state index >= 15 is 0 Å². The minimum Gasteiger partial charge on any atom is -0.493 e. The van der Waals surface area contributed by atoms with Gasteiger partial charge in [0.15, 0.2) is 0 Å². The zero-order valence-corrected chi connectivity index (χ0v) is 7.71. The molecule has 4 nitrogen and oxygen atoms in total. The van der Waals surface area contributed by atoms with Crippen molar-refractivity contribution in [1.82, 2.24) is 9.97 Å². The highest BCUT2D eigenvalue weighted by molar-refractivity contribution is 9.09. The maximum atomic E-state index is 11.0. The van der Waals surface area contributed by atoms with Crippen LogP contribution in [0.4, 0.5) is 0 Å². The molecule has 0 unspecified atom stereocenters. The van der Waals surface area contributed by atoms with Crippen molar-refractivity contribution in [2.24, 2.45) is 0 Å². The van der Waals surface area contributed by atoms with E-state index in [-0.39, 0.29) is 17.0 Å². The molecule has 0 aromatic carbocycles. The number of hydrogen-bond acceptors (Lipinski definition) is 3. The topological polar surface area (TPSA) is 66.0 Å². The van der Waals surface area contributed by atoms with E-state index in [1.54, 1.807) is 6.08 Å². The molecule has 0 atom stereocenters. The van der Waals surface area contributed by atoms with Crippen LogP contribution in [-0.4, -0.2) is 20.4 Å². The Balaban J connectivity index is 3.13. The van der Waals surface area contributed by atoms with Gasteiger partial charge in [-0.15, -0.1) is 0 Å². The molecule has 0 fully saturated rings. The Labute approximate surface area is 77.1 Å². The monoisotopic (exact) mass is 230 g/mol. The molecule has 12 heavy (non-hydrogen) atoms. The number of nitrogens with zero attached hydrogens (tertiary/aromatic N) is 1. The third-order valence-corrected chi connectivity index (χ3v) is 1.62. The van der Waals surface area contributed by atoms with Crippen LogP contribution in [0, 0.1) is 0 Å². The average molecular weight is 231 g/mol. The summed E-state index contributed by atoms with van der Waals surface area (Å²) >= 11 is 3.15. The van der Waals surface area contributed by atoms with Crippen LogP contribution >= 0.6 is 15.9 Å². The molecule has 0 aliphatic rings. The van der Waals surface area contributed by atoms with Gasteiger partial charge in [-0.1, -0.05) is 22.0 Å². The minimum atomic E-state index is -0.347. The molecule has 1 aromatic heterocycles. The number of aromatic nitrogens is 2. The standard InChI is InChI=1S/C7H7BrN2O2/c8-3-1-2-5-6(11)9-4-10-7(5)12/h1-2,4H,3H2,(H2,9,10,11,12). The van der Waals surface area contributed by atoms with E-state index in [0.29, 0.717) is 5.33 Å². The van der Waals surface area contributed by atoms with Crippen LogP contribution in [0.1, 0.15) is 5.56 Å². The molecule has 2 N–H and O–H groups in total. The normalized spacial score (nSPS) is 10.8. The summed E-state index contributed by atoms with van der Waals surface area (Å²) in [6.45, 7) is 0. The van der Waals surface area contributed by atoms with Gasteiger partial charge in [0.1, 0.15) is 5.56 Å². The van der Waals surface area contributed by atoms with Gasteiger partial charge in [-0.2, -0.15) is 0 Å². The number of allylic oxidation sites excluding steroid dienone is 1. The lowest BCUT2D eigenvalue weighted by molar-refractivity contribution is 0.449. The molecule has 1 aromatic rings. The van der Waals surface area contributed by atoms with Gasteiger partial charge in [-0.25, -0.2) is 4.98 Å². The van der Waals surface area contributed by atoms with Crippen molar-refractivity contribution in [2.45, 2.75) is 0 Å². The smallest absolute Gasteiger partial charge is 0.261 e. The molecule has 5 heteroatoms. The zero-order valence-electron chi connectivity index (χ0n) is 6.12. The Morgan fingerprint density at radius 3 is 3.08 bits per heavy atom. The summed E-state index contributed by atoms with van der Waals surface area (Å²) in [4.78, 5) is 16.9. The Bertz CT molecular complexity index is 346. The van der Waals surface area contributed by atoms with Crippen LogP contribution in [0.3, 0.4) is 0 Å². The van der Waals surface area contributed by atoms with E-state index in [1.807, 2.05) is 0 Å². The van der Waals surface area contributed by atoms with Gasteiger partial charge in [-0.3, -0.25) is 4.79 Å². The van der Waals surface area contributed by atoms with Gasteiger partial charge < -0.3 is 10.1 Å². The van der Waals surface area contributed by atoms with E-state index in [4.69, 9.17) is 5.11 Å². The number of rotatable bonds is 2. The summed E-state index contributed by atoms with van der Waals surface area (Å²) < 4.78 is 0. The maximum absolute atomic E-state index is 11.0. The lowest BCUT2D eigenvalue weighted by Gasteiger charge is -1.93. The van der Waals surface area contributed by atoms with Crippen molar-refractivity contribution in [2.75, 3.05) is 5.33 Å². The molecule has 0 radical (unpaired) electrons. The summed E-state index contributed by atoms with van der Waals surface area (Å²) in [6, 6.07) is 0. The molecule has 0 bridgehead atoms. The van der Waals surface area contributed by atoms with Crippen LogP contribution in [-0.2, 0) is 0 Å². The van der Waals surface area contributed by atoms with Crippen LogP contribution in [0.25, 0.3) is 6.08 Å². The first-order valence-electron chi connectivity index (χ1n) is 3.25. The maximum Gasteiger partial charge on any atom is 0.261 e. The largest absolute Gasteiger partial charge is 0.493 e. The van der Waals surface area contributed by atoms with Gasteiger partial charge in [0.2, 0.25) is 5.88 Å². The molecule has 1 heterocycles. The number of aromatic amines is 1. The number of aromatic hydroxyl groups is 1. The van der Waals surface area contributed by atoms with Crippen molar-refractivity contribution in [1.29, 1.82) is 0 Å². The molecular formula is C7H7BrN2O2. The van der Waals surface area contributed by atoms with E-state index in [0.717, 1.165) is 6.33 Å². The van der Waals surface area contributed by atoms with Gasteiger partial charge in [0, 0.05) is 5.33 Å². The van der Waals surface area contributed by atoms with Gasteiger partial charge in [-0.05, 0) is 6.08 Å². The SMILES string of the molecule is O=c1[nH]cnc(O)c1C=CCBr. The Kier molecular flexibility index (Phi) is 3.04. The molecular weight excluding hydrogens is 224 g/mol. The van der Waals surface area contributed by atoms with E-state index < -0.39 is 0 Å². The molecule has 0 saturated heterocycles. The second-order valence-corrected chi connectivity index (χ2v) is 2.67. The number of nitrogens with one attached hydrogen (secondary N) is 1. The predicted octanol–water partition coefficient (Wildman–Crippen LogP) is 0.884. The van der Waals surface area contributed by atoms with Gasteiger partial charge >= 0.3 is 0 Å². The minimum absolute atomic E-state index is 0.178. The highest BCUT2D eigenvalue weighted by Crippen LogP contribution is 2.07. The fourth-order valence-corrected chi connectivity index (χ4v) is 0.900. The molecule has 0 aliphatic heterocycles. The Morgan fingerprint density at radius 2 is 2.50 bits per heavy atom. The first-order chi connectivity index (χ1) is 5.75. The quantitative estimate of drug-likeness (QED) is 0.742. The Hall–Kier alpha value is -1.10. The lowest BCUT2D eigenvalue weighted by Crippen LogP contribution is -2.09. The van der Waals surface area contributed by atoms with Crippen LogP contribution in [0.2, 0.25) is 0 Å². The van der Waals surface area contributed by atoms with Crippen molar-refractivity contribution < 1.29 is 5.11 Å². The first kappa shape index (κ1) is 8.99. The van der Waals surface area contributed by atoms with Crippen molar-refractivity contribution in [3.8, 4) is 5.88 Å². The molecule has 0 amide bonds. The number of alkyl halides is 1. The molecule has 1 rings (SSSR count). The second-order valence-electron chi connectivity index (χ2n) is 2.03. The lowest BCUT2D eigenvalue weighted by atomic mass is 10.3.